The van der Waals surface area contributed by atoms with E-state index in [1.54, 1.807) is 12.3 Å². The van der Waals surface area contributed by atoms with Crippen LogP contribution in [0.1, 0.15) is 27.7 Å². The van der Waals surface area contributed by atoms with Crippen molar-refractivity contribution in [2.75, 3.05) is 38.1 Å². The smallest absolute Gasteiger partial charge is 0.243 e. The molecule has 0 spiro atoms. The molecule has 3 aromatic rings. The Balaban J connectivity index is 1.82. The summed E-state index contributed by atoms with van der Waals surface area (Å²) in [4.78, 5) is 26.1. The van der Waals surface area contributed by atoms with Crippen molar-refractivity contribution in [3.05, 3.63) is 41.0 Å². The van der Waals surface area contributed by atoms with Crippen LogP contribution in [-0.2, 0) is 9.53 Å². The lowest BCUT2D eigenvalue weighted by atomic mass is 9.88. The molecule has 12 heteroatoms. The first-order valence-electron chi connectivity index (χ1n) is 12.8. The molecule has 214 valence electrons. The Morgan fingerprint density at radius 3 is 2.38 bits per heavy atom. The first kappa shape index (κ1) is 29.6. The number of fused-ring (bicyclic) bond motifs is 1. The van der Waals surface area contributed by atoms with Gasteiger partial charge in [-0.15, -0.1) is 0 Å². The molecule has 0 aliphatic carbocycles. The van der Waals surface area contributed by atoms with Crippen LogP contribution in [0.5, 0.6) is 11.5 Å². The minimum atomic E-state index is -0.271. The summed E-state index contributed by atoms with van der Waals surface area (Å²) >= 11 is 13.5. The van der Waals surface area contributed by atoms with E-state index in [4.69, 9.17) is 47.4 Å². The summed E-state index contributed by atoms with van der Waals surface area (Å²) in [6.07, 6.45) is 2.94. The van der Waals surface area contributed by atoms with Crippen molar-refractivity contribution in [3.63, 3.8) is 0 Å². The average Bonchev–Trinajstić information content (AvgIpc) is 3.34. The minimum absolute atomic E-state index is 0.0253. The largest absolute Gasteiger partial charge is 0.495 e. The van der Waals surface area contributed by atoms with Gasteiger partial charge in [-0.3, -0.25) is 4.79 Å². The van der Waals surface area contributed by atoms with Crippen molar-refractivity contribution >= 4 is 51.8 Å². The highest BCUT2D eigenvalue weighted by molar-refractivity contribution is 6.41. The van der Waals surface area contributed by atoms with E-state index in [2.05, 4.69) is 55.2 Å². The SMILES string of the molecule is C=CC(=O)N[C@H]1COC[C@H]1Nc1ncc2cc(-c3c(Cl)c(OC)cc(OC)c3Cl)nc(NC(C)C(C)(C)C)c2n1. The number of methoxy groups -OCH3 is 2. The molecule has 1 aliphatic rings. The maximum atomic E-state index is 11.9. The fourth-order valence-electron chi connectivity index (χ4n) is 4.12. The van der Waals surface area contributed by atoms with Crippen LogP contribution in [0.15, 0.2) is 31.0 Å². The lowest BCUT2D eigenvalue weighted by molar-refractivity contribution is -0.117. The average molecular weight is 590 g/mol. The number of hydrogen-bond acceptors (Lipinski definition) is 9. The second-order valence-electron chi connectivity index (χ2n) is 10.6. The number of carbonyl (C=O) groups is 1. The van der Waals surface area contributed by atoms with Gasteiger partial charge in [-0.05, 0) is 24.5 Å². The van der Waals surface area contributed by atoms with Gasteiger partial charge in [-0.1, -0.05) is 50.6 Å². The molecule has 4 rings (SSSR count). The molecule has 2 aromatic heterocycles. The molecular formula is C28H34Cl2N6O4. The Kier molecular flexibility index (Phi) is 8.92. The lowest BCUT2D eigenvalue weighted by Crippen LogP contribution is -2.45. The van der Waals surface area contributed by atoms with E-state index < -0.39 is 0 Å². The second kappa shape index (κ2) is 12.0. The Morgan fingerprint density at radius 1 is 1.12 bits per heavy atom. The number of ether oxygens (including phenoxy) is 3. The van der Waals surface area contributed by atoms with Crippen molar-refractivity contribution in [1.29, 1.82) is 0 Å². The first-order chi connectivity index (χ1) is 19.0. The molecule has 1 aromatic carbocycles. The number of nitrogens with zero attached hydrogens (tertiary/aromatic N) is 3. The molecule has 1 fully saturated rings. The molecule has 3 heterocycles. The van der Waals surface area contributed by atoms with E-state index in [9.17, 15) is 4.79 Å². The van der Waals surface area contributed by atoms with Crippen molar-refractivity contribution < 1.29 is 19.0 Å². The Morgan fingerprint density at radius 2 is 1.77 bits per heavy atom. The van der Waals surface area contributed by atoms with Gasteiger partial charge < -0.3 is 30.2 Å². The lowest BCUT2D eigenvalue weighted by Gasteiger charge is -2.29. The van der Waals surface area contributed by atoms with Crippen LogP contribution in [0.4, 0.5) is 11.8 Å². The summed E-state index contributed by atoms with van der Waals surface area (Å²) < 4.78 is 16.5. The second-order valence-corrected chi connectivity index (χ2v) is 11.4. The van der Waals surface area contributed by atoms with Crippen LogP contribution in [0.3, 0.4) is 0 Å². The molecular weight excluding hydrogens is 555 g/mol. The molecule has 1 unspecified atom stereocenters. The summed E-state index contributed by atoms with van der Waals surface area (Å²) in [5.41, 5.74) is 1.50. The van der Waals surface area contributed by atoms with Gasteiger partial charge in [0.25, 0.3) is 0 Å². The summed E-state index contributed by atoms with van der Waals surface area (Å²) in [5.74, 6) is 1.46. The van der Waals surface area contributed by atoms with E-state index in [0.29, 0.717) is 68.7 Å². The molecule has 10 nitrogen and oxygen atoms in total. The molecule has 40 heavy (non-hydrogen) atoms. The molecule has 0 saturated carbocycles. The highest BCUT2D eigenvalue weighted by Gasteiger charge is 2.30. The predicted molar refractivity (Wildman–Crippen MR) is 159 cm³/mol. The number of carbonyl (C=O) groups excluding carboxylic acids is 1. The van der Waals surface area contributed by atoms with Crippen molar-refractivity contribution in [3.8, 4) is 22.8 Å². The van der Waals surface area contributed by atoms with E-state index >= 15 is 0 Å². The molecule has 0 radical (unpaired) electrons. The van der Waals surface area contributed by atoms with Gasteiger partial charge in [-0.2, -0.15) is 0 Å². The van der Waals surface area contributed by atoms with Gasteiger partial charge in [-0.25, -0.2) is 15.0 Å². The topological polar surface area (TPSA) is 120 Å². The fourth-order valence-corrected chi connectivity index (χ4v) is 4.81. The van der Waals surface area contributed by atoms with Gasteiger partial charge >= 0.3 is 0 Å². The zero-order chi connectivity index (χ0) is 29.2. The summed E-state index contributed by atoms with van der Waals surface area (Å²) in [6, 6.07) is 3.01. The Hall–Kier alpha value is -3.34. The summed E-state index contributed by atoms with van der Waals surface area (Å²) in [5, 5.41) is 11.0. The number of amides is 1. The molecule has 3 atom stereocenters. The van der Waals surface area contributed by atoms with Gasteiger partial charge in [0.05, 0.1) is 55.3 Å². The Bertz CT molecular complexity index is 1400. The normalized spacial score (nSPS) is 17.8. The maximum absolute atomic E-state index is 11.9. The van der Waals surface area contributed by atoms with E-state index in [-0.39, 0.29) is 29.4 Å². The zero-order valence-electron chi connectivity index (χ0n) is 23.4. The Labute approximate surface area is 243 Å². The van der Waals surface area contributed by atoms with Gasteiger partial charge in [0.15, 0.2) is 5.82 Å². The number of anilines is 2. The standard InChI is InChI=1S/C28H34Cl2N6O4/c1-8-21(37)33-17-12-40-13-18(17)35-27-31-11-15-9-16(22-23(29)19(38-6)10-20(39-7)24(22)30)34-26(25(15)36-27)32-14(2)28(3,4)5/h8-11,14,17-18H,1,12-13H2,2-7H3,(H,32,34)(H,33,37)(H,31,35,36)/t14?,17-,18+/m0/s1. The van der Waals surface area contributed by atoms with E-state index in [1.807, 2.05) is 6.07 Å². The van der Waals surface area contributed by atoms with Crippen molar-refractivity contribution in [1.82, 2.24) is 20.3 Å². The zero-order valence-corrected chi connectivity index (χ0v) is 24.9. The first-order valence-corrected chi connectivity index (χ1v) is 13.5. The van der Waals surface area contributed by atoms with Crippen molar-refractivity contribution in [2.24, 2.45) is 5.41 Å². The number of nitrogens with one attached hydrogen (secondary N) is 3. The van der Waals surface area contributed by atoms with Crippen LogP contribution in [-0.4, -0.2) is 66.4 Å². The van der Waals surface area contributed by atoms with Crippen molar-refractivity contribution in [2.45, 2.75) is 45.8 Å². The number of hydrogen-bond donors (Lipinski definition) is 3. The number of pyridine rings is 1. The molecule has 3 N–H and O–H groups in total. The number of benzene rings is 1. The van der Waals surface area contributed by atoms with E-state index in [0.717, 1.165) is 0 Å². The van der Waals surface area contributed by atoms with E-state index in [1.165, 1.54) is 20.3 Å². The highest BCUT2D eigenvalue weighted by Crippen LogP contribution is 2.46. The minimum Gasteiger partial charge on any atom is -0.495 e. The van der Waals surface area contributed by atoms with Crippen LogP contribution in [0.2, 0.25) is 10.0 Å². The maximum Gasteiger partial charge on any atom is 0.243 e. The molecule has 1 saturated heterocycles. The van der Waals surface area contributed by atoms with Gasteiger partial charge in [0.2, 0.25) is 11.9 Å². The third-order valence-corrected chi connectivity index (χ3v) is 7.71. The predicted octanol–water partition coefficient (Wildman–Crippen LogP) is 5.34. The summed E-state index contributed by atoms with van der Waals surface area (Å²) in [6.45, 7) is 12.8. The fraction of sp³-hybridized carbons (Fsp3) is 0.429. The third-order valence-electron chi connectivity index (χ3n) is 6.96. The quantitative estimate of drug-likeness (QED) is 0.284. The van der Waals surface area contributed by atoms with Crippen LogP contribution < -0.4 is 25.4 Å². The van der Waals surface area contributed by atoms with Crippen LogP contribution in [0, 0.1) is 5.41 Å². The summed E-state index contributed by atoms with van der Waals surface area (Å²) in [7, 11) is 3.05. The van der Waals surface area contributed by atoms with Crippen LogP contribution in [0.25, 0.3) is 22.2 Å². The van der Waals surface area contributed by atoms with Gasteiger partial charge in [0, 0.05) is 29.3 Å². The number of halogens is 2. The molecule has 1 aliphatic heterocycles. The van der Waals surface area contributed by atoms with Gasteiger partial charge in [0.1, 0.15) is 17.0 Å². The van der Waals surface area contributed by atoms with Crippen LogP contribution >= 0.6 is 23.2 Å². The number of rotatable bonds is 9. The monoisotopic (exact) mass is 588 g/mol. The highest BCUT2D eigenvalue weighted by atomic mass is 35.5. The molecule has 1 amide bonds. The number of aromatic nitrogens is 3. The molecule has 0 bridgehead atoms. The third kappa shape index (κ3) is 6.19.